The lowest BCUT2D eigenvalue weighted by Crippen LogP contribution is -1.89. The summed E-state index contributed by atoms with van der Waals surface area (Å²) < 4.78 is 1.14. The molecular formula is C5H4N2S2. The van der Waals surface area contributed by atoms with Gasteiger partial charge in [-0.2, -0.15) is 0 Å². The van der Waals surface area contributed by atoms with Crippen LogP contribution in [-0.4, -0.2) is 8.34 Å². The van der Waals surface area contributed by atoms with Crippen molar-refractivity contribution in [3.63, 3.8) is 0 Å². The summed E-state index contributed by atoms with van der Waals surface area (Å²) in [6, 6.07) is 5.42. The number of hydrogen-bond acceptors (Lipinski definition) is 3. The number of rotatable bonds is 1. The number of nitrogens with zero attached hydrogens (tertiary/aromatic N) is 2. The summed E-state index contributed by atoms with van der Waals surface area (Å²) in [6.45, 7) is 0. The van der Waals surface area contributed by atoms with Crippen molar-refractivity contribution in [2.45, 2.75) is 0 Å². The number of hydrogen-bond donors (Lipinski definition) is 0. The van der Waals surface area contributed by atoms with Crippen LogP contribution in [0.4, 0.5) is 5.82 Å². The Morgan fingerprint density at radius 2 is 2.33 bits per heavy atom. The lowest BCUT2D eigenvalue weighted by atomic mass is 10.5. The molecule has 0 aliphatic rings. The molecule has 0 aromatic carbocycles. The SMILES string of the molecule is S=[N+]([S-])c1ccccn1. The van der Waals surface area contributed by atoms with Crippen LogP contribution in [0, 0.1) is 0 Å². The lowest BCUT2D eigenvalue weighted by molar-refractivity contribution is -0.203. The number of pyridine rings is 1. The van der Waals surface area contributed by atoms with Gasteiger partial charge in [0, 0.05) is 6.07 Å². The molecule has 0 fully saturated rings. The van der Waals surface area contributed by atoms with Crippen LogP contribution in [0.2, 0.25) is 0 Å². The molecule has 1 rings (SSSR count). The highest BCUT2D eigenvalue weighted by Crippen LogP contribution is 2.01. The van der Waals surface area contributed by atoms with Crippen LogP contribution in [0.25, 0.3) is 0 Å². The van der Waals surface area contributed by atoms with Gasteiger partial charge in [0.15, 0.2) is 0 Å². The molecule has 0 bridgehead atoms. The smallest absolute Gasteiger partial charge is 0.277 e. The van der Waals surface area contributed by atoms with Gasteiger partial charge in [0.2, 0.25) is 0 Å². The van der Waals surface area contributed by atoms with E-state index in [0.29, 0.717) is 5.82 Å². The maximum Gasteiger partial charge on any atom is 0.315 e. The zero-order valence-electron chi connectivity index (χ0n) is 4.52. The first-order chi connectivity index (χ1) is 4.30. The van der Waals surface area contributed by atoms with Crippen molar-refractivity contribution < 1.29 is 3.35 Å². The van der Waals surface area contributed by atoms with E-state index in [9.17, 15) is 0 Å². The monoisotopic (exact) mass is 156 g/mol. The van der Waals surface area contributed by atoms with Crippen molar-refractivity contribution in [1.82, 2.24) is 4.98 Å². The van der Waals surface area contributed by atoms with E-state index in [0.717, 1.165) is 3.35 Å². The van der Waals surface area contributed by atoms with Crippen molar-refractivity contribution in [3.8, 4) is 0 Å². The molecule has 1 aromatic heterocycles. The zero-order chi connectivity index (χ0) is 6.69. The van der Waals surface area contributed by atoms with Crippen LogP contribution in [-0.2, 0) is 25.2 Å². The Labute approximate surface area is 64.2 Å². The Morgan fingerprint density at radius 1 is 1.56 bits per heavy atom. The molecule has 9 heavy (non-hydrogen) atoms. The zero-order valence-corrected chi connectivity index (χ0v) is 6.15. The topological polar surface area (TPSA) is 15.9 Å². The van der Waals surface area contributed by atoms with E-state index < -0.39 is 0 Å². The van der Waals surface area contributed by atoms with Crippen LogP contribution in [0.3, 0.4) is 0 Å². The fraction of sp³-hybridized carbons (Fsp3) is 0. The van der Waals surface area contributed by atoms with Crippen molar-refractivity contribution >= 4 is 31.1 Å². The van der Waals surface area contributed by atoms with Crippen molar-refractivity contribution in [1.29, 1.82) is 0 Å². The minimum absolute atomic E-state index is 0.627. The fourth-order valence-corrected chi connectivity index (χ4v) is 0.678. The average molecular weight is 156 g/mol. The summed E-state index contributed by atoms with van der Waals surface area (Å²) >= 11 is 9.26. The third-order valence-electron chi connectivity index (χ3n) is 0.836. The highest BCUT2D eigenvalue weighted by molar-refractivity contribution is 7.58. The average Bonchev–Trinajstić information content (AvgIpc) is 1.90. The molecule has 0 saturated carbocycles. The van der Waals surface area contributed by atoms with Gasteiger partial charge in [-0.15, -0.1) is 0 Å². The van der Waals surface area contributed by atoms with Crippen LogP contribution in [0.1, 0.15) is 0 Å². The summed E-state index contributed by atoms with van der Waals surface area (Å²) in [5.74, 6) is 0.627. The highest BCUT2D eigenvalue weighted by atomic mass is 32.2. The minimum Gasteiger partial charge on any atom is -0.277 e. The molecule has 0 unspecified atom stereocenters. The summed E-state index contributed by atoms with van der Waals surface area (Å²) in [5, 5.41) is 0. The molecule has 2 nitrogen and oxygen atoms in total. The van der Waals surface area contributed by atoms with Crippen molar-refractivity contribution in [2.24, 2.45) is 0 Å². The Bertz CT molecular complexity index is 209. The van der Waals surface area contributed by atoms with E-state index in [1.165, 1.54) is 0 Å². The van der Waals surface area contributed by atoms with Gasteiger partial charge < -0.3 is 0 Å². The second kappa shape index (κ2) is 2.80. The summed E-state index contributed by atoms with van der Waals surface area (Å²) in [4.78, 5) is 3.90. The summed E-state index contributed by atoms with van der Waals surface area (Å²) in [7, 11) is 0. The standard InChI is InChI=1S/C5H4N2S2/c8-7(9)5-3-1-2-4-6-5/h1-4H. The van der Waals surface area contributed by atoms with Gasteiger partial charge in [0.05, 0.1) is 0 Å². The van der Waals surface area contributed by atoms with Gasteiger partial charge in [0.25, 0.3) is 0 Å². The largest absolute Gasteiger partial charge is 0.315 e. The first-order valence-corrected chi connectivity index (χ1v) is 3.09. The van der Waals surface area contributed by atoms with Gasteiger partial charge in [-0.3, -0.25) is 3.35 Å². The number of aromatic nitrogens is 1. The van der Waals surface area contributed by atoms with Crippen molar-refractivity contribution in [2.75, 3.05) is 0 Å². The molecule has 0 radical (unpaired) electrons. The van der Waals surface area contributed by atoms with E-state index in [1.807, 2.05) is 12.1 Å². The Balaban J connectivity index is 2.98. The molecule has 46 valence electrons. The lowest BCUT2D eigenvalue weighted by Gasteiger charge is -1.93. The molecule has 0 spiro atoms. The summed E-state index contributed by atoms with van der Waals surface area (Å²) in [5.41, 5.74) is 0. The van der Waals surface area contributed by atoms with Crippen LogP contribution in [0.15, 0.2) is 24.4 Å². The Hall–Kier alpha value is -0.610. The predicted octanol–water partition coefficient (Wildman–Crippen LogP) is 0.918. The molecule has 0 N–H and O–H groups in total. The molecule has 0 amide bonds. The molecule has 1 aromatic rings. The second-order valence-corrected chi connectivity index (χ2v) is 2.41. The first-order valence-electron chi connectivity index (χ1n) is 2.36. The predicted molar refractivity (Wildman–Crippen MR) is 38.9 cm³/mol. The van der Waals surface area contributed by atoms with Gasteiger partial charge in [-0.05, 0) is 6.07 Å². The molecule has 0 aliphatic carbocycles. The molecule has 1 heterocycles. The van der Waals surface area contributed by atoms with E-state index in [4.69, 9.17) is 0 Å². The fourth-order valence-electron chi connectivity index (χ4n) is 0.462. The van der Waals surface area contributed by atoms with Crippen LogP contribution in [0.5, 0.6) is 0 Å². The quantitative estimate of drug-likeness (QED) is 0.444. The van der Waals surface area contributed by atoms with Gasteiger partial charge in [-0.25, -0.2) is 25.2 Å². The highest BCUT2D eigenvalue weighted by Gasteiger charge is 1.94. The van der Waals surface area contributed by atoms with Crippen LogP contribution >= 0.6 is 0 Å². The first kappa shape index (κ1) is 6.51. The molecular weight excluding hydrogens is 152 g/mol. The molecule has 0 saturated heterocycles. The van der Waals surface area contributed by atoms with E-state index in [-0.39, 0.29) is 0 Å². The van der Waals surface area contributed by atoms with Gasteiger partial charge in [-0.1, -0.05) is 11.1 Å². The van der Waals surface area contributed by atoms with E-state index >= 15 is 0 Å². The third kappa shape index (κ3) is 1.65. The van der Waals surface area contributed by atoms with E-state index in [1.54, 1.807) is 12.3 Å². The van der Waals surface area contributed by atoms with Gasteiger partial charge >= 0.3 is 5.82 Å². The van der Waals surface area contributed by atoms with Gasteiger partial charge in [0.1, 0.15) is 6.20 Å². The van der Waals surface area contributed by atoms with Crippen LogP contribution < -0.4 is 0 Å². The normalized spacial score (nSPS) is 8.89. The second-order valence-electron chi connectivity index (χ2n) is 1.45. The Morgan fingerprint density at radius 3 is 2.67 bits per heavy atom. The maximum absolute atomic E-state index is 4.63. The molecule has 0 atom stereocenters. The summed E-state index contributed by atoms with van der Waals surface area (Å²) in [6.07, 6.45) is 1.65. The molecule has 4 heteroatoms. The Kier molecular flexibility index (Phi) is 2.02. The molecule has 0 aliphatic heterocycles. The third-order valence-corrected chi connectivity index (χ3v) is 1.21. The van der Waals surface area contributed by atoms with Crippen molar-refractivity contribution in [3.05, 3.63) is 24.4 Å². The maximum atomic E-state index is 4.63. The minimum atomic E-state index is 0.627. The van der Waals surface area contributed by atoms with E-state index in [2.05, 4.69) is 30.2 Å².